The SMILES string of the molecule is Cl.Cl.O=C(CN1CCOCC1)Nc1ccc(NC(=O)C2CC23CCNCC3)cc1. The largest absolute Gasteiger partial charge is 0.379 e. The number of amides is 2. The van der Waals surface area contributed by atoms with Crippen LogP contribution in [0.3, 0.4) is 0 Å². The molecule has 29 heavy (non-hydrogen) atoms. The highest BCUT2D eigenvalue weighted by atomic mass is 35.5. The van der Waals surface area contributed by atoms with Gasteiger partial charge in [-0.15, -0.1) is 24.8 Å². The summed E-state index contributed by atoms with van der Waals surface area (Å²) in [5.41, 5.74) is 1.76. The normalized spacial score (nSPS) is 22.7. The zero-order valence-electron chi connectivity index (χ0n) is 16.4. The smallest absolute Gasteiger partial charge is 0.238 e. The average molecular weight is 445 g/mol. The van der Waals surface area contributed by atoms with Crippen LogP contribution in [0.25, 0.3) is 0 Å². The van der Waals surface area contributed by atoms with Crippen LogP contribution in [-0.4, -0.2) is 62.7 Å². The first kappa shape index (κ1) is 23.9. The molecule has 3 aliphatic rings. The van der Waals surface area contributed by atoms with Crippen molar-refractivity contribution in [3.8, 4) is 0 Å². The fraction of sp³-hybridized carbons (Fsp3) is 0.600. The van der Waals surface area contributed by atoms with Crippen molar-refractivity contribution in [1.29, 1.82) is 0 Å². The molecule has 2 heterocycles. The molecule has 4 rings (SSSR count). The number of nitrogens with zero attached hydrogens (tertiary/aromatic N) is 1. The minimum atomic E-state index is -0.0282. The van der Waals surface area contributed by atoms with Gasteiger partial charge in [-0.2, -0.15) is 0 Å². The number of nitrogens with one attached hydrogen (secondary N) is 3. The molecule has 1 spiro atoms. The Bertz CT molecular complexity index is 689. The fourth-order valence-electron chi connectivity index (χ4n) is 4.22. The fourth-order valence-corrected chi connectivity index (χ4v) is 4.22. The monoisotopic (exact) mass is 444 g/mol. The summed E-state index contributed by atoms with van der Waals surface area (Å²) in [5, 5.41) is 9.30. The molecule has 1 atom stereocenters. The number of carbonyl (C=O) groups is 2. The van der Waals surface area contributed by atoms with Gasteiger partial charge in [0.15, 0.2) is 0 Å². The molecule has 3 N–H and O–H groups in total. The maximum absolute atomic E-state index is 12.5. The topological polar surface area (TPSA) is 82.7 Å². The third kappa shape index (κ3) is 6.06. The number of carbonyl (C=O) groups excluding carboxylic acids is 2. The van der Waals surface area contributed by atoms with E-state index in [4.69, 9.17) is 4.74 Å². The number of anilines is 2. The third-order valence-electron chi connectivity index (χ3n) is 6.01. The minimum absolute atomic E-state index is 0. The van der Waals surface area contributed by atoms with Crippen molar-refractivity contribution < 1.29 is 14.3 Å². The number of hydrogen-bond donors (Lipinski definition) is 3. The Morgan fingerprint density at radius 1 is 1.03 bits per heavy atom. The number of hydrogen-bond acceptors (Lipinski definition) is 5. The Balaban J connectivity index is 0.00000150. The van der Waals surface area contributed by atoms with Crippen LogP contribution in [0.1, 0.15) is 19.3 Å². The van der Waals surface area contributed by atoms with Gasteiger partial charge in [0.05, 0.1) is 19.8 Å². The highest BCUT2D eigenvalue weighted by Gasteiger charge is 2.57. The number of halogens is 2. The lowest BCUT2D eigenvalue weighted by molar-refractivity contribution is -0.119. The number of piperidine rings is 1. The molecule has 0 aromatic heterocycles. The van der Waals surface area contributed by atoms with Gasteiger partial charge in [0, 0.05) is 30.4 Å². The van der Waals surface area contributed by atoms with E-state index in [1.165, 1.54) is 0 Å². The summed E-state index contributed by atoms with van der Waals surface area (Å²) in [6.45, 7) is 5.35. The Labute approximate surface area is 184 Å². The van der Waals surface area contributed by atoms with Gasteiger partial charge in [0.25, 0.3) is 0 Å². The average Bonchev–Trinajstić information content (AvgIpc) is 3.37. The van der Waals surface area contributed by atoms with Gasteiger partial charge in [-0.1, -0.05) is 0 Å². The zero-order valence-corrected chi connectivity index (χ0v) is 18.1. The van der Waals surface area contributed by atoms with Gasteiger partial charge in [0.2, 0.25) is 11.8 Å². The van der Waals surface area contributed by atoms with Crippen molar-refractivity contribution in [2.75, 3.05) is 56.6 Å². The molecule has 0 radical (unpaired) electrons. The molecule has 1 unspecified atom stereocenters. The molecule has 1 aromatic rings. The van der Waals surface area contributed by atoms with Gasteiger partial charge in [0.1, 0.15) is 0 Å². The van der Waals surface area contributed by atoms with Crippen LogP contribution in [0, 0.1) is 11.3 Å². The van der Waals surface area contributed by atoms with Gasteiger partial charge in [-0.25, -0.2) is 0 Å². The van der Waals surface area contributed by atoms with Crippen molar-refractivity contribution in [3.63, 3.8) is 0 Å². The number of rotatable bonds is 5. The van der Waals surface area contributed by atoms with Gasteiger partial charge in [-0.05, 0) is 62.0 Å². The molecule has 7 nitrogen and oxygen atoms in total. The van der Waals surface area contributed by atoms with Crippen molar-refractivity contribution in [3.05, 3.63) is 24.3 Å². The van der Waals surface area contributed by atoms with E-state index < -0.39 is 0 Å². The summed E-state index contributed by atoms with van der Waals surface area (Å²) in [6, 6.07) is 7.36. The zero-order chi connectivity index (χ0) is 18.7. The second-order valence-corrected chi connectivity index (χ2v) is 7.87. The Hall–Kier alpha value is -1.38. The molecule has 2 saturated heterocycles. The third-order valence-corrected chi connectivity index (χ3v) is 6.01. The number of morpholine rings is 1. The summed E-state index contributed by atoms with van der Waals surface area (Å²) in [4.78, 5) is 26.7. The molecular formula is C20H30Cl2N4O3. The molecular weight excluding hydrogens is 415 g/mol. The van der Waals surface area contributed by atoms with E-state index in [0.717, 1.165) is 56.8 Å². The predicted octanol–water partition coefficient (Wildman–Crippen LogP) is 2.13. The van der Waals surface area contributed by atoms with E-state index in [-0.39, 0.29) is 48.0 Å². The maximum Gasteiger partial charge on any atom is 0.238 e. The molecule has 2 amide bonds. The van der Waals surface area contributed by atoms with Gasteiger partial charge >= 0.3 is 0 Å². The first-order valence-electron chi connectivity index (χ1n) is 9.86. The van der Waals surface area contributed by atoms with Gasteiger partial charge < -0.3 is 20.7 Å². The lowest BCUT2D eigenvalue weighted by atomic mass is 9.92. The first-order valence-corrected chi connectivity index (χ1v) is 9.86. The van der Waals surface area contributed by atoms with E-state index in [1.54, 1.807) is 0 Å². The molecule has 1 saturated carbocycles. The first-order chi connectivity index (χ1) is 13.1. The van der Waals surface area contributed by atoms with Crippen molar-refractivity contribution >= 4 is 48.0 Å². The molecule has 0 bridgehead atoms. The van der Waals surface area contributed by atoms with Crippen molar-refractivity contribution in [1.82, 2.24) is 10.2 Å². The van der Waals surface area contributed by atoms with Crippen LogP contribution in [0.4, 0.5) is 11.4 Å². The van der Waals surface area contributed by atoms with E-state index in [1.807, 2.05) is 24.3 Å². The standard InChI is InChI=1S/C20H28N4O3.2ClH/c25-18(14-24-9-11-27-12-10-24)22-15-1-3-16(4-2-15)23-19(26)17-13-20(17)5-7-21-8-6-20;;/h1-4,17,21H,5-14H2,(H,22,25)(H,23,26);2*1H. The van der Waals surface area contributed by atoms with E-state index >= 15 is 0 Å². The predicted molar refractivity (Wildman–Crippen MR) is 118 cm³/mol. The van der Waals surface area contributed by atoms with Crippen LogP contribution in [-0.2, 0) is 14.3 Å². The van der Waals surface area contributed by atoms with E-state index in [0.29, 0.717) is 19.8 Å². The minimum Gasteiger partial charge on any atom is -0.379 e. The summed E-state index contributed by atoms with van der Waals surface area (Å²) < 4.78 is 5.29. The molecule has 1 aromatic carbocycles. The Morgan fingerprint density at radius 2 is 1.62 bits per heavy atom. The number of ether oxygens (including phenoxy) is 1. The van der Waals surface area contributed by atoms with Crippen LogP contribution in [0.15, 0.2) is 24.3 Å². The number of benzene rings is 1. The molecule has 162 valence electrons. The summed E-state index contributed by atoms with van der Waals surface area (Å²) in [5.74, 6) is 0.244. The lowest BCUT2D eigenvalue weighted by Crippen LogP contribution is -2.41. The summed E-state index contributed by atoms with van der Waals surface area (Å²) in [6.07, 6.45) is 3.20. The maximum atomic E-state index is 12.5. The van der Waals surface area contributed by atoms with Gasteiger partial charge in [-0.3, -0.25) is 14.5 Å². The lowest BCUT2D eigenvalue weighted by Gasteiger charge is -2.25. The van der Waals surface area contributed by atoms with Crippen LogP contribution in [0.5, 0.6) is 0 Å². The molecule has 1 aliphatic carbocycles. The highest BCUT2D eigenvalue weighted by molar-refractivity contribution is 5.96. The molecule has 3 fully saturated rings. The molecule has 9 heteroatoms. The highest BCUT2D eigenvalue weighted by Crippen LogP contribution is 2.58. The van der Waals surface area contributed by atoms with Crippen LogP contribution in [0.2, 0.25) is 0 Å². The second kappa shape index (κ2) is 10.6. The Morgan fingerprint density at radius 3 is 2.24 bits per heavy atom. The van der Waals surface area contributed by atoms with Crippen LogP contribution >= 0.6 is 24.8 Å². The second-order valence-electron chi connectivity index (χ2n) is 7.87. The summed E-state index contributed by atoms with van der Waals surface area (Å²) in [7, 11) is 0. The van der Waals surface area contributed by atoms with E-state index in [9.17, 15) is 9.59 Å². The van der Waals surface area contributed by atoms with Crippen LogP contribution < -0.4 is 16.0 Å². The quantitative estimate of drug-likeness (QED) is 0.647. The molecule has 2 aliphatic heterocycles. The Kier molecular flexibility index (Phi) is 8.73. The van der Waals surface area contributed by atoms with E-state index in [2.05, 4.69) is 20.9 Å². The summed E-state index contributed by atoms with van der Waals surface area (Å²) >= 11 is 0. The van der Waals surface area contributed by atoms with Crippen molar-refractivity contribution in [2.45, 2.75) is 19.3 Å². The van der Waals surface area contributed by atoms with Crippen molar-refractivity contribution in [2.24, 2.45) is 11.3 Å².